The molecule has 5 rings (SSSR count). The molecule has 2 aliphatic carbocycles. The lowest BCUT2D eigenvalue weighted by Gasteiger charge is -2.31. The zero-order valence-electron chi connectivity index (χ0n) is 18.6. The predicted molar refractivity (Wildman–Crippen MR) is 126 cm³/mol. The Morgan fingerprint density at radius 2 is 1.14 bits per heavy atom. The molecule has 1 heterocycles. The van der Waals surface area contributed by atoms with E-state index in [2.05, 4.69) is 76.0 Å². The van der Waals surface area contributed by atoms with Crippen molar-refractivity contribution in [3.05, 3.63) is 47.5 Å². The van der Waals surface area contributed by atoms with Crippen molar-refractivity contribution in [1.29, 1.82) is 0 Å². The molecule has 154 valence electrons. The summed E-state index contributed by atoms with van der Waals surface area (Å²) in [5.41, 5.74) is 5.83. The van der Waals surface area contributed by atoms with Gasteiger partial charge in [0.05, 0.1) is 11.4 Å². The van der Waals surface area contributed by atoms with E-state index < -0.39 is 0 Å². The second-order valence-electron chi connectivity index (χ2n) is 10.4. The summed E-state index contributed by atoms with van der Waals surface area (Å²) < 4.78 is 0. The third-order valence-electron chi connectivity index (χ3n) is 8.00. The molecule has 0 saturated heterocycles. The van der Waals surface area contributed by atoms with E-state index in [0.29, 0.717) is 0 Å². The van der Waals surface area contributed by atoms with Crippen LogP contribution in [-0.2, 0) is 0 Å². The number of anilines is 2. The molecule has 2 saturated carbocycles. The van der Waals surface area contributed by atoms with Crippen LogP contribution in [-0.4, -0.2) is 7.05 Å². The number of fused-ring (bicyclic) bond motifs is 2. The second-order valence-corrected chi connectivity index (χ2v) is 11.5. The summed E-state index contributed by atoms with van der Waals surface area (Å²) in [5, 5.41) is 0. The highest BCUT2D eigenvalue weighted by Gasteiger charge is 2.33. The standard InChI is InChI=1S/C27H35NS/c1-16-10-18(3)22(12-16)20-6-8-24-26(14-20)29-27-15-21(7-9-25(27)28(24)5)23-13-17(2)11-19(23)4/h6-9,14-19,22-23H,10-13H2,1-5H3. The van der Waals surface area contributed by atoms with Gasteiger partial charge in [-0.3, -0.25) is 0 Å². The molecule has 6 atom stereocenters. The molecular weight excluding hydrogens is 370 g/mol. The molecule has 3 aliphatic rings. The van der Waals surface area contributed by atoms with Gasteiger partial charge >= 0.3 is 0 Å². The van der Waals surface area contributed by atoms with Crippen molar-refractivity contribution in [3.63, 3.8) is 0 Å². The lowest BCUT2D eigenvalue weighted by Crippen LogP contribution is -2.16. The van der Waals surface area contributed by atoms with Crippen molar-refractivity contribution in [2.75, 3.05) is 11.9 Å². The Balaban J connectivity index is 1.46. The fraction of sp³-hybridized carbons (Fsp3) is 0.556. The van der Waals surface area contributed by atoms with Crippen LogP contribution in [0.4, 0.5) is 11.4 Å². The predicted octanol–water partition coefficient (Wildman–Crippen LogP) is 8.22. The van der Waals surface area contributed by atoms with Crippen molar-refractivity contribution < 1.29 is 0 Å². The van der Waals surface area contributed by atoms with E-state index in [4.69, 9.17) is 0 Å². The molecule has 0 bridgehead atoms. The summed E-state index contributed by atoms with van der Waals surface area (Å²) in [4.78, 5) is 5.28. The summed E-state index contributed by atoms with van der Waals surface area (Å²) in [5.74, 6) is 4.80. The molecule has 1 aliphatic heterocycles. The van der Waals surface area contributed by atoms with Crippen LogP contribution in [0.5, 0.6) is 0 Å². The van der Waals surface area contributed by atoms with Crippen LogP contribution in [0.25, 0.3) is 0 Å². The first-order valence-corrected chi connectivity index (χ1v) is 12.4. The second kappa shape index (κ2) is 7.38. The van der Waals surface area contributed by atoms with E-state index >= 15 is 0 Å². The third kappa shape index (κ3) is 3.42. The minimum absolute atomic E-state index is 0.731. The Morgan fingerprint density at radius 3 is 1.52 bits per heavy atom. The fourth-order valence-corrected chi connectivity index (χ4v) is 7.79. The van der Waals surface area contributed by atoms with Gasteiger partial charge in [-0.05, 0) is 96.6 Å². The van der Waals surface area contributed by atoms with Crippen molar-refractivity contribution in [3.8, 4) is 0 Å². The molecule has 0 spiro atoms. The Bertz CT molecular complexity index is 845. The zero-order chi connectivity index (χ0) is 20.3. The van der Waals surface area contributed by atoms with Gasteiger partial charge in [0.25, 0.3) is 0 Å². The molecule has 1 nitrogen and oxygen atoms in total. The fourth-order valence-electron chi connectivity index (χ4n) is 6.54. The van der Waals surface area contributed by atoms with Gasteiger partial charge in [-0.2, -0.15) is 0 Å². The molecule has 2 aromatic rings. The van der Waals surface area contributed by atoms with E-state index in [-0.39, 0.29) is 0 Å². The largest absolute Gasteiger partial charge is 0.343 e. The monoisotopic (exact) mass is 405 g/mol. The van der Waals surface area contributed by atoms with Gasteiger partial charge in [0.2, 0.25) is 0 Å². The summed E-state index contributed by atoms with van der Waals surface area (Å²) in [6.45, 7) is 9.72. The van der Waals surface area contributed by atoms with Gasteiger partial charge in [-0.1, -0.05) is 51.6 Å². The summed E-state index contributed by atoms with van der Waals surface area (Å²) in [6, 6.07) is 14.5. The van der Waals surface area contributed by atoms with Crippen molar-refractivity contribution in [2.24, 2.45) is 23.7 Å². The summed E-state index contributed by atoms with van der Waals surface area (Å²) in [6.07, 6.45) is 5.44. The van der Waals surface area contributed by atoms with Gasteiger partial charge in [0.1, 0.15) is 0 Å². The maximum absolute atomic E-state index is 2.51. The Labute approximate surface area is 181 Å². The Kier molecular flexibility index (Phi) is 4.97. The zero-order valence-corrected chi connectivity index (χ0v) is 19.4. The summed E-state index contributed by atoms with van der Waals surface area (Å²) in [7, 11) is 2.23. The van der Waals surface area contributed by atoms with Crippen LogP contribution in [0.15, 0.2) is 46.2 Å². The maximum atomic E-state index is 2.51. The molecule has 2 heteroatoms. The van der Waals surface area contributed by atoms with E-state index in [1.165, 1.54) is 46.8 Å². The van der Waals surface area contributed by atoms with Crippen molar-refractivity contribution >= 4 is 23.1 Å². The first-order chi connectivity index (χ1) is 13.9. The van der Waals surface area contributed by atoms with Crippen LogP contribution in [0.1, 0.15) is 76.3 Å². The summed E-state index contributed by atoms with van der Waals surface area (Å²) >= 11 is 1.99. The van der Waals surface area contributed by atoms with Gasteiger partial charge in [0, 0.05) is 16.8 Å². The topological polar surface area (TPSA) is 3.24 Å². The van der Waals surface area contributed by atoms with Gasteiger partial charge in [-0.25, -0.2) is 0 Å². The quantitative estimate of drug-likeness (QED) is 0.495. The smallest absolute Gasteiger partial charge is 0.0550 e. The molecule has 29 heavy (non-hydrogen) atoms. The first kappa shape index (κ1) is 19.5. The minimum Gasteiger partial charge on any atom is -0.343 e. The van der Waals surface area contributed by atoms with Gasteiger partial charge in [0.15, 0.2) is 0 Å². The number of rotatable bonds is 2. The lowest BCUT2D eigenvalue weighted by molar-refractivity contribution is 0.525. The molecule has 0 amide bonds. The highest BCUT2D eigenvalue weighted by Crippen LogP contribution is 2.52. The van der Waals surface area contributed by atoms with E-state index in [0.717, 1.165) is 35.5 Å². The average Bonchev–Trinajstić information content (AvgIpc) is 3.21. The molecule has 2 fully saturated rings. The number of hydrogen-bond acceptors (Lipinski definition) is 2. The van der Waals surface area contributed by atoms with Crippen molar-refractivity contribution in [1.82, 2.24) is 0 Å². The minimum atomic E-state index is 0.731. The van der Waals surface area contributed by atoms with Crippen LogP contribution in [0.2, 0.25) is 0 Å². The molecule has 0 N–H and O–H groups in total. The Morgan fingerprint density at radius 1 is 0.690 bits per heavy atom. The molecular formula is C27H35NS. The normalized spacial score (nSPS) is 33.6. The van der Waals surface area contributed by atoms with Crippen LogP contribution in [0.3, 0.4) is 0 Å². The van der Waals surface area contributed by atoms with E-state index in [9.17, 15) is 0 Å². The average molecular weight is 406 g/mol. The molecule has 2 aromatic carbocycles. The SMILES string of the molecule is CC1CC(C)C(c2ccc3c(c2)Sc2cc(C4CC(C)CC4C)ccc2N3C)C1. The first-order valence-electron chi connectivity index (χ1n) is 11.6. The van der Waals surface area contributed by atoms with Crippen molar-refractivity contribution in [2.45, 2.75) is 75.0 Å². The molecule has 6 unspecified atom stereocenters. The highest BCUT2D eigenvalue weighted by atomic mass is 32.2. The van der Waals surface area contributed by atoms with Crippen LogP contribution in [0, 0.1) is 23.7 Å². The lowest BCUT2D eigenvalue weighted by atomic mass is 9.89. The third-order valence-corrected chi connectivity index (χ3v) is 9.10. The van der Waals surface area contributed by atoms with Crippen LogP contribution >= 0.6 is 11.8 Å². The Hall–Kier alpha value is -1.41. The molecule has 0 radical (unpaired) electrons. The van der Waals surface area contributed by atoms with Gasteiger partial charge < -0.3 is 4.90 Å². The van der Waals surface area contributed by atoms with E-state index in [1.54, 1.807) is 11.1 Å². The number of nitrogens with zero attached hydrogens (tertiary/aromatic N) is 1. The van der Waals surface area contributed by atoms with Crippen LogP contribution < -0.4 is 4.90 Å². The maximum Gasteiger partial charge on any atom is 0.0550 e. The number of hydrogen-bond donors (Lipinski definition) is 0. The molecule has 0 aromatic heterocycles. The number of benzene rings is 2. The highest BCUT2D eigenvalue weighted by molar-refractivity contribution is 7.99. The van der Waals surface area contributed by atoms with E-state index in [1.807, 2.05) is 11.8 Å². The van der Waals surface area contributed by atoms with Gasteiger partial charge in [-0.15, -0.1) is 0 Å².